The average molecular weight is 273 g/mol. The van der Waals surface area contributed by atoms with Crippen LogP contribution in [-0.2, 0) is 12.8 Å². The molecule has 1 aliphatic carbocycles. The number of piperidine rings is 1. The Morgan fingerprint density at radius 2 is 2.15 bits per heavy atom. The maximum Gasteiger partial charge on any atom is 0.129 e. The Balaban J connectivity index is 1.75. The summed E-state index contributed by atoms with van der Waals surface area (Å²) < 4.78 is 0. The minimum atomic E-state index is 0.562. The Morgan fingerprint density at radius 3 is 3.00 bits per heavy atom. The molecule has 2 aliphatic rings. The Bertz CT molecular complexity index is 456. The number of rotatable bonds is 4. The van der Waals surface area contributed by atoms with Gasteiger partial charge in [-0.25, -0.2) is 4.98 Å². The third-order valence-corrected chi connectivity index (χ3v) is 4.60. The van der Waals surface area contributed by atoms with Crippen LogP contribution in [0.3, 0.4) is 0 Å². The van der Waals surface area contributed by atoms with E-state index in [4.69, 9.17) is 4.98 Å². The van der Waals surface area contributed by atoms with Gasteiger partial charge in [0.1, 0.15) is 5.82 Å². The van der Waals surface area contributed by atoms with Gasteiger partial charge >= 0.3 is 0 Å². The summed E-state index contributed by atoms with van der Waals surface area (Å²) in [7, 11) is 0. The summed E-state index contributed by atoms with van der Waals surface area (Å²) in [4.78, 5) is 7.49. The van der Waals surface area contributed by atoms with Crippen LogP contribution < -0.4 is 10.2 Å². The first-order chi connectivity index (χ1) is 9.74. The van der Waals surface area contributed by atoms with E-state index in [0.717, 1.165) is 13.1 Å². The van der Waals surface area contributed by atoms with Crippen molar-refractivity contribution in [2.45, 2.75) is 64.5 Å². The van der Waals surface area contributed by atoms with Gasteiger partial charge in [-0.15, -0.1) is 0 Å². The van der Waals surface area contributed by atoms with Gasteiger partial charge in [0.2, 0.25) is 0 Å². The highest BCUT2D eigenvalue weighted by Gasteiger charge is 2.24. The number of aryl methyl sites for hydroxylation is 2. The first-order valence-corrected chi connectivity index (χ1v) is 8.23. The number of fused-ring (bicyclic) bond motifs is 1. The molecule has 1 unspecified atom stereocenters. The molecule has 0 spiro atoms. The second-order valence-corrected chi connectivity index (χ2v) is 6.53. The minimum Gasteiger partial charge on any atom is -0.352 e. The Hall–Kier alpha value is -1.09. The molecule has 1 aliphatic heterocycles. The van der Waals surface area contributed by atoms with Gasteiger partial charge in [-0.2, -0.15) is 0 Å². The van der Waals surface area contributed by atoms with Gasteiger partial charge in [0.05, 0.1) is 0 Å². The lowest BCUT2D eigenvalue weighted by molar-refractivity contribution is 0.418. The fourth-order valence-electron chi connectivity index (χ4n) is 3.46. The van der Waals surface area contributed by atoms with Crippen LogP contribution in [0.4, 0.5) is 5.82 Å². The van der Waals surface area contributed by atoms with Crippen LogP contribution in [0.5, 0.6) is 0 Å². The van der Waals surface area contributed by atoms with E-state index >= 15 is 0 Å². The minimum absolute atomic E-state index is 0.562. The summed E-state index contributed by atoms with van der Waals surface area (Å²) in [5.74, 6) is 1.21. The Kier molecular flexibility index (Phi) is 4.25. The number of anilines is 1. The zero-order chi connectivity index (χ0) is 13.9. The fraction of sp³-hybridized carbons (Fsp3) is 0.706. The number of nitrogens with one attached hydrogen (secondary N) is 1. The summed E-state index contributed by atoms with van der Waals surface area (Å²) in [6, 6.07) is 5.73. The molecular weight excluding hydrogens is 246 g/mol. The van der Waals surface area contributed by atoms with Crippen molar-refractivity contribution < 1.29 is 0 Å². The van der Waals surface area contributed by atoms with E-state index in [0.29, 0.717) is 12.1 Å². The molecule has 1 fully saturated rings. The number of nitrogens with zero attached hydrogens (tertiary/aromatic N) is 2. The topological polar surface area (TPSA) is 28.2 Å². The van der Waals surface area contributed by atoms with Crippen LogP contribution in [0.25, 0.3) is 0 Å². The van der Waals surface area contributed by atoms with Gasteiger partial charge in [-0.05, 0) is 50.2 Å². The van der Waals surface area contributed by atoms with E-state index in [1.807, 2.05) is 0 Å². The average Bonchev–Trinajstić information content (AvgIpc) is 2.92. The normalized spacial score (nSPS) is 22.4. The van der Waals surface area contributed by atoms with Gasteiger partial charge in [0, 0.05) is 30.9 Å². The van der Waals surface area contributed by atoms with Crippen LogP contribution in [0.15, 0.2) is 12.1 Å². The molecule has 0 radical (unpaired) electrons. The summed E-state index contributed by atoms with van der Waals surface area (Å²) in [5.41, 5.74) is 2.83. The van der Waals surface area contributed by atoms with E-state index in [2.05, 4.69) is 36.2 Å². The first kappa shape index (κ1) is 13.9. The second-order valence-electron chi connectivity index (χ2n) is 6.53. The van der Waals surface area contributed by atoms with E-state index < -0.39 is 0 Å². The van der Waals surface area contributed by atoms with Crippen molar-refractivity contribution in [3.63, 3.8) is 0 Å². The lowest BCUT2D eigenvalue weighted by atomic mass is 10.0. The Morgan fingerprint density at radius 1 is 1.25 bits per heavy atom. The molecule has 0 bridgehead atoms. The van der Waals surface area contributed by atoms with Crippen molar-refractivity contribution in [2.24, 2.45) is 0 Å². The van der Waals surface area contributed by atoms with E-state index in [9.17, 15) is 0 Å². The zero-order valence-corrected chi connectivity index (χ0v) is 12.9. The third-order valence-electron chi connectivity index (χ3n) is 4.60. The predicted molar refractivity (Wildman–Crippen MR) is 84.4 cm³/mol. The lowest BCUT2D eigenvalue weighted by Gasteiger charge is -2.37. The largest absolute Gasteiger partial charge is 0.352 e. The zero-order valence-electron chi connectivity index (χ0n) is 12.9. The van der Waals surface area contributed by atoms with Crippen LogP contribution in [0.1, 0.15) is 50.8 Å². The second kappa shape index (κ2) is 6.13. The van der Waals surface area contributed by atoms with Crippen molar-refractivity contribution in [2.75, 3.05) is 18.0 Å². The highest BCUT2D eigenvalue weighted by molar-refractivity contribution is 5.44. The first-order valence-electron chi connectivity index (χ1n) is 8.23. The Labute approximate surface area is 122 Å². The monoisotopic (exact) mass is 273 g/mol. The molecule has 0 saturated carbocycles. The standard InChI is InChI=1S/C17H27N3/c1-13(2)18-12-15-7-3-4-11-20(15)17-10-9-14-6-5-8-16(14)19-17/h9-10,13,15,18H,3-8,11-12H2,1-2H3. The maximum absolute atomic E-state index is 4.95. The van der Waals surface area contributed by atoms with Crippen molar-refractivity contribution in [3.05, 3.63) is 23.4 Å². The molecule has 0 aromatic carbocycles. The number of hydrogen-bond acceptors (Lipinski definition) is 3. The summed E-state index contributed by atoms with van der Waals surface area (Å²) in [6.07, 6.45) is 7.62. The molecule has 20 heavy (non-hydrogen) atoms. The molecule has 3 heteroatoms. The molecule has 3 nitrogen and oxygen atoms in total. The summed E-state index contributed by atoms with van der Waals surface area (Å²) in [6.45, 7) is 6.69. The molecule has 1 saturated heterocycles. The predicted octanol–water partition coefficient (Wildman–Crippen LogP) is 2.93. The molecule has 110 valence electrons. The smallest absolute Gasteiger partial charge is 0.129 e. The molecule has 1 N–H and O–H groups in total. The van der Waals surface area contributed by atoms with Crippen LogP contribution in [-0.4, -0.2) is 30.2 Å². The fourth-order valence-corrected chi connectivity index (χ4v) is 3.46. The van der Waals surface area contributed by atoms with Gasteiger partial charge in [0.25, 0.3) is 0 Å². The van der Waals surface area contributed by atoms with E-state index in [1.165, 1.54) is 55.6 Å². The quantitative estimate of drug-likeness (QED) is 0.914. The van der Waals surface area contributed by atoms with E-state index in [1.54, 1.807) is 0 Å². The molecule has 1 aromatic heterocycles. The molecule has 1 atom stereocenters. The molecule has 2 heterocycles. The van der Waals surface area contributed by atoms with Gasteiger partial charge in [0.15, 0.2) is 0 Å². The summed E-state index contributed by atoms with van der Waals surface area (Å²) >= 11 is 0. The van der Waals surface area contributed by atoms with Crippen molar-refractivity contribution in [1.82, 2.24) is 10.3 Å². The van der Waals surface area contributed by atoms with E-state index in [-0.39, 0.29) is 0 Å². The maximum atomic E-state index is 4.95. The summed E-state index contributed by atoms with van der Waals surface area (Å²) in [5, 5.41) is 3.60. The van der Waals surface area contributed by atoms with Crippen molar-refractivity contribution in [1.29, 1.82) is 0 Å². The van der Waals surface area contributed by atoms with Gasteiger partial charge in [-0.3, -0.25) is 0 Å². The van der Waals surface area contributed by atoms with Crippen LogP contribution in [0, 0.1) is 0 Å². The number of aromatic nitrogens is 1. The highest BCUT2D eigenvalue weighted by Crippen LogP contribution is 2.27. The van der Waals surface area contributed by atoms with Crippen molar-refractivity contribution in [3.8, 4) is 0 Å². The number of pyridine rings is 1. The highest BCUT2D eigenvalue weighted by atomic mass is 15.2. The molecule has 3 rings (SSSR count). The van der Waals surface area contributed by atoms with Gasteiger partial charge < -0.3 is 10.2 Å². The molecule has 1 aromatic rings. The van der Waals surface area contributed by atoms with Crippen LogP contribution in [0.2, 0.25) is 0 Å². The SMILES string of the molecule is CC(C)NCC1CCCCN1c1ccc2c(n1)CCC2. The van der Waals surface area contributed by atoms with Crippen molar-refractivity contribution >= 4 is 5.82 Å². The molecule has 0 amide bonds. The van der Waals surface area contributed by atoms with Crippen LogP contribution >= 0.6 is 0 Å². The number of hydrogen-bond donors (Lipinski definition) is 1. The van der Waals surface area contributed by atoms with Gasteiger partial charge in [-0.1, -0.05) is 19.9 Å². The third kappa shape index (κ3) is 2.98. The lowest BCUT2D eigenvalue weighted by Crippen LogP contribution is -2.47. The molecular formula is C17H27N3.